The summed E-state index contributed by atoms with van der Waals surface area (Å²) in [6, 6.07) is 7.83. The quantitative estimate of drug-likeness (QED) is 0.437. The summed E-state index contributed by atoms with van der Waals surface area (Å²) >= 11 is 0. The smallest absolute Gasteiger partial charge is 0.475 e. The number of furan rings is 1. The molecular weight excluding hydrogens is 556 g/mol. The van der Waals surface area contributed by atoms with E-state index in [0.29, 0.717) is 12.5 Å². The van der Waals surface area contributed by atoms with Crippen molar-refractivity contribution in [2.75, 3.05) is 19.6 Å². The number of fused-ring (bicyclic) bond motifs is 1. The molecular formula is C24H27F6N3O7. The van der Waals surface area contributed by atoms with Crippen molar-refractivity contribution in [1.82, 2.24) is 15.2 Å². The molecule has 2 aliphatic rings. The minimum Gasteiger partial charge on any atom is -0.475 e. The van der Waals surface area contributed by atoms with Crippen LogP contribution in [0.25, 0.3) is 0 Å². The lowest BCUT2D eigenvalue weighted by molar-refractivity contribution is -0.193. The van der Waals surface area contributed by atoms with E-state index >= 15 is 0 Å². The summed E-state index contributed by atoms with van der Waals surface area (Å²) in [5.41, 5.74) is 2.17. The third-order valence-electron chi connectivity index (χ3n) is 5.81. The number of hydrogen-bond acceptors (Lipinski definition) is 7. The predicted molar refractivity (Wildman–Crippen MR) is 124 cm³/mol. The summed E-state index contributed by atoms with van der Waals surface area (Å²) in [6.45, 7) is 3.40. The van der Waals surface area contributed by atoms with Crippen LogP contribution in [0.5, 0.6) is 0 Å². The Balaban J connectivity index is 0.000000333. The Morgan fingerprint density at radius 1 is 1.05 bits per heavy atom. The molecule has 40 heavy (non-hydrogen) atoms. The summed E-state index contributed by atoms with van der Waals surface area (Å²) in [5, 5.41) is 17.3. The summed E-state index contributed by atoms with van der Waals surface area (Å²) in [4.78, 5) is 36.9. The third kappa shape index (κ3) is 11.2. The Hall–Kier alpha value is -3.66. The highest BCUT2D eigenvalue weighted by molar-refractivity contribution is 5.81. The van der Waals surface area contributed by atoms with E-state index in [1.807, 2.05) is 24.3 Å². The van der Waals surface area contributed by atoms with Gasteiger partial charge in [-0.15, -0.1) is 0 Å². The lowest BCUT2D eigenvalue weighted by atomic mass is 9.91. The average molecular weight is 583 g/mol. The Labute approximate surface area is 223 Å². The van der Waals surface area contributed by atoms with Crippen molar-refractivity contribution in [1.29, 1.82) is 0 Å². The first kappa shape index (κ1) is 32.6. The lowest BCUT2D eigenvalue weighted by Gasteiger charge is -2.33. The molecule has 2 aromatic rings. The molecule has 0 radical (unpaired) electrons. The van der Waals surface area contributed by atoms with Gasteiger partial charge in [0.05, 0.1) is 18.6 Å². The van der Waals surface area contributed by atoms with Gasteiger partial charge in [0.25, 0.3) is 0 Å². The zero-order valence-electron chi connectivity index (χ0n) is 20.8. The van der Waals surface area contributed by atoms with Crippen molar-refractivity contribution < 1.29 is 60.1 Å². The van der Waals surface area contributed by atoms with Crippen LogP contribution >= 0.6 is 0 Å². The van der Waals surface area contributed by atoms with E-state index in [-0.39, 0.29) is 18.1 Å². The molecule has 2 aromatic heterocycles. The van der Waals surface area contributed by atoms with Gasteiger partial charge in [0.1, 0.15) is 6.10 Å². The summed E-state index contributed by atoms with van der Waals surface area (Å²) in [6.07, 6.45) is -2.40. The number of aliphatic carboxylic acids is 2. The predicted octanol–water partition coefficient (Wildman–Crippen LogP) is 3.28. The van der Waals surface area contributed by atoms with Crippen molar-refractivity contribution in [3.63, 3.8) is 0 Å². The number of ether oxygens (including phenoxy) is 1. The maximum Gasteiger partial charge on any atom is 0.490 e. The Kier molecular flexibility index (Phi) is 11.9. The van der Waals surface area contributed by atoms with E-state index in [1.165, 1.54) is 5.56 Å². The van der Waals surface area contributed by atoms with Crippen LogP contribution < -0.4 is 5.32 Å². The van der Waals surface area contributed by atoms with Gasteiger partial charge in [-0.1, -0.05) is 6.07 Å². The fourth-order valence-corrected chi connectivity index (χ4v) is 3.92. The number of carboxylic acids is 2. The number of nitrogens with one attached hydrogen (secondary N) is 1. The van der Waals surface area contributed by atoms with Gasteiger partial charge < -0.3 is 24.7 Å². The Bertz CT molecular complexity index is 1060. The summed E-state index contributed by atoms with van der Waals surface area (Å²) < 4.78 is 74.7. The molecule has 0 spiro atoms. The molecule has 2 aliphatic heterocycles. The van der Waals surface area contributed by atoms with Crippen LogP contribution in [-0.2, 0) is 32.1 Å². The molecule has 3 atom stereocenters. The van der Waals surface area contributed by atoms with Gasteiger partial charge in [-0.2, -0.15) is 26.3 Å². The largest absolute Gasteiger partial charge is 0.490 e. The fourth-order valence-electron chi connectivity index (χ4n) is 3.92. The highest BCUT2D eigenvalue weighted by atomic mass is 19.4. The SMILES string of the molecule is O=C(NCCc1ccccn1)[C@H]1C[C@@H]2CCN(Cc3ccoc3)C[C@H]2O1.O=C(O)C(F)(F)F.O=C(O)C(F)(F)F. The second-order valence-corrected chi connectivity index (χ2v) is 8.78. The number of hydrogen-bond donors (Lipinski definition) is 3. The van der Waals surface area contributed by atoms with Crippen molar-refractivity contribution in [3.8, 4) is 0 Å². The number of carbonyl (C=O) groups is 3. The van der Waals surface area contributed by atoms with Crippen LogP contribution in [0.1, 0.15) is 24.1 Å². The number of amides is 1. The van der Waals surface area contributed by atoms with E-state index in [9.17, 15) is 31.1 Å². The van der Waals surface area contributed by atoms with Crippen LogP contribution in [0.4, 0.5) is 26.3 Å². The second kappa shape index (κ2) is 14.6. The maximum absolute atomic E-state index is 12.4. The van der Waals surface area contributed by atoms with Gasteiger partial charge in [-0.25, -0.2) is 9.59 Å². The van der Waals surface area contributed by atoms with Crippen molar-refractivity contribution in [2.24, 2.45) is 5.92 Å². The molecule has 10 nitrogen and oxygen atoms in total. The number of aromatic nitrogens is 1. The van der Waals surface area contributed by atoms with Crippen molar-refractivity contribution in [3.05, 3.63) is 54.2 Å². The van der Waals surface area contributed by atoms with E-state index in [0.717, 1.165) is 44.6 Å². The number of nitrogens with zero attached hydrogens (tertiary/aromatic N) is 2. The minimum atomic E-state index is -5.08. The Morgan fingerprint density at radius 3 is 2.23 bits per heavy atom. The molecule has 3 N–H and O–H groups in total. The molecule has 0 saturated carbocycles. The first-order valence-electron chi connectivity index (χ1n) is 11.8. The number of alkyl halides is 6. The van der Waals surface area contributed by atoms with Crippen LogP contribution in [0.3, 0.4) is 0 Å². The topological polar surface area (TPSA) is 142 Å². The standard InChI is InChI=1S/C20H25N3O3.2C2HF3O2/c24-20(22-8-4-17-3-1-2-7-21-17)18-11-16-5-9-23(13-19(16)26-18)12-15-6-10-25-14-15;2*3-2(4,5)1(6)7/h1-3,6-7,10,14,16,18-19H,4-5,8-9,11-13H2,(H,22,24);2*(H,6,7)/t16-,18+,19+;;/m0../s1. The van der Waals surface area contributed by atoms with Gasteiger partial charge in [0, 0.05) is 43.5 Å². The van der Waals surface area contributed by atoms with Crippen molar-refractivity contribution in [2.45, 2.75) is 50.4 Å². The number of carboxylic acid groups (broad SMARTS) is 2. The first-order chi connectivity index (χ1) is 18.7. The highest BCUT2D eigenvalue weighted by Gasteiger charge is 2.42. The monoisotopic (exact) mass is 583 g/mol. The van der Waals surface area contributed by atoms with Gasteiger partial charge in [-0.3, -0.25) is 14.7 Å². The molecule has 4 heterocycles. The zero-order valence-corrected chi connectivity index (χ0v) is 20.8. The second-order valence-electron chi connectivity index (χ2n) is 8.78. The number of rotatable bonds is 6. The number of carbonyl (C=O) groups excluding carboxylic acids is 1. The number of pyridine rings is 1. The normalized spacial score (nSPS) is 20.7. The molecule has 0 unspecified atom stereocenters. The molecule has 0 aliphatic carbocycles. The first-order valence-corrected chi connectivity index (χ1v) is 11.8. The molecule has 0 aromatic carbocycles. The lowest BCUT2D eigenvalue weighted by Crippen LogP contribution is -2.42. The molecule has 222 valence electrons. The molecule has 0 bridgehead atoms. The van der Waals surface area contributed by atoms with E-state index in [4.69, 9.17) is 29.0 Å². The van der Waals surface area contributed by atoms with Gasteiger partial charge in [0.15, 0.2) is 0 Å². The van der Waals surface area contributed by atoms with E-state index in [2.05, 4.69) is 15.2 Å². The number of piperidine rings is 1. The maximum atomic E-state index is 12.4. The highest BCUT2D eigenvalue weighted by Crippen LogP contribution is 2.33. The van der Waals surface area contributed by atoms with E-state index < -0.39 is 24.3 Å². The number of likely N-dealkylation sites (tertiary alicyclic amines) is 1. The van der Waals surface area contributed by atoms with Gasteiger partial charge >= 0.3 is 24.3 Å². The summed E-state index contributed by atoms with van der Waals surface area (Å²) in [7, 11) is 0. The molecule has 1 amide bonds. The molecule has 2 fully saturated rings. The van der Waals surface area contributed by atoms with Crippen LogP contribution in [0.15, 0.2) is 47.4 Å². The third-order valence-corrected chi connectivity index (χ3v) is 5.81. The molecule has 4 rings (SSSR count). The van der Waals surface area contributed by atoms with Gasteiger partial charge in [0.2, 0.25) is 5.91 Å². The fraction of sp³-hybridized carbons (Fsp3) is 0.500. The van der Waals surface area contributed by atoms with E-state index in [1.54, 1.807) is 18.7 Å². The van der Waals surface area contributed by atoms with Crippen LogP contribution in [0.2, 0.25) is 0 Å². The van der Waals surface area contributed by atoms with Gasteiger partial charge in [-0.05, 0) is 43.5 Å². The Morgan fingerprint density at radius 2 is 1.70 bits per heavy atom. The molecule has 16 heteroatoms. The summed E-state index contributed by atoms with van der Waals surface area (Å²) in [5.74, 6) is -5.01. The number of halogens is 6. The average Bonchev–Trinajstić information content (AvgIpc) is 3.54. The minimum absolute atomic E-state index is 0.0108. The molecule has 2 saturated heterocycles. The zero-order chi connectivity index (χ0) is 29.9. The van der Waals surface area contributed by atoms with Crippen LogP contribution in [0, 0.1) is 5.92 Å². The van der Waals surface area contributed by atoms with Crippen molar-refractivity contribution >= 4 is 17.8 Å². The van der Waals surface area contributed by atoms with Crippen LogP contribution in [-0.4, -0.2) is 82.1 Å².